The molecule has 2 nitrogen and oxygen atoms in total. The number of nitrogens with one attached hydrogen (secondary N) is 1. The Morgan fingerprint density at radius 1 is 1.10 bits per heavy atom. The van der Waals surface area contributed by atoms with Crippen molar-refractivity contribution in [3.63, 3.8) is 0 Å². The molecule has 0 radical (unpaired) electrons. The number of benzene rings is 2. The topological polar surface area (TPSA) is 32.3 Å². The van der Waals surface area contributed by atoms with Crippen molar-refractivity contribution in [3.05, 3.63) is 70.8 Å². The largest absolute Gasteiger partial charge is 0.416 e. The van der Waals surface area contributed by atoms with Crippen molar-refractivity contribution >= 4 is 0 Å². The van der Waals surface area contributed by atoms with Gasteiger partial charge in [-0.2, -0.15) is 13.2 Å². The lowest BCUT2D eigenvalue weighted by Gasteiger charge is -2.17. The first-order chi connectivity index (χ1) is 9.93. The first-order valence-electron chi connectivity index (χ1n) is 6.51. The van der Waals surface area contributed by atoms with Crippen molar-refractivity contribution in [1.82, 2.24) is 5.32 Å². The molecule has 2 N–H and O–H groups in total. The van der Waals surface area contributed by atoms with E-state index in [1.54, 1.807) is 19.2 Å². The molecule has 0 aliphatic rings. The molecule has 21 heavy (non-hydrogen) atoms. The Kier molecular flexibility index (Phi) is 4.65. The summed E-state index contributed by atoms with van der Waals surface area (Å²) in [5.74, 6) is 0. The van der Waals surface area contributed by atoms with Gasteiger partial charge in [0.25, 0.3) is 0 Å². The van der Waals surface area contributed by atoms with Crippen LogP contribution in [0.1, 0.15) is 28.4 Å². The standard InChI is InChI=1S/C16H16F3NO/c1-20-10-12-5-2-3-8-14(12)15(21)11-6-4-7-13(9-11)16(17,18)19/h2-9,15,20-21H,10H2,1H3/t15-/m0/s1. The van der Waals surface area contributed by atoms with Crippen LogP contribution < -0.4 is 5.32 Å². The van der Waals surface area contributed by atoms with E-state index < -0.39 is 17.8 Å². The Bertz CT molecular complexity index is 610. The maximum Gasteiger partial charge on any atom is 0.416 e. The van der Waals surface area contributed by atoms with E-state index in [4.69, 9.17) is 0 Å². The van der Waals surface area contributed by atoms with Gasteiger partial charge in [0.05, 0.1) is 5.56 Å². The molecule has 0 bridgehead atoms. The van der Waals surface area contributed by atoms with Crippen molar-refractivity contribution in [3.8, 4) is 0 Å². The zero-order valence-corrected chi connectivity index (χ0v) is 11.5. The van der Waals surface area contributed by atoms with Crippen LogP contribution in [0.2, 0.25) is 0 Å². The molecule has 0 saturated heterocycles. The summed E-state index contributed by atoms with van der Waals surface area (Å²) in [6, 6.07) is 11.9. The highest BCUT2D eigenvalue weighted by Gasteiger charge is 2.31. The van der Waals surface area contributed by atoms with Crippen molar-refractivity contribution in [2.24, 2.45) is 0 Å². The van der Waals surface area contributed by atoms with Crippen LogP contribution in [0.4, 0.5) is 13.2 Å². The van der Waals surface area contributed by atoms with Crippen LogP contribution in [0.15, 0.2) is 48.5 Å². The van der Waals surface area contributed by atoms with Crippen LogP contribution >= 0.6 is 0 Å². The van der Waals surface area contributed by atoms with Crippen LogP contribution in [-0.4, -0.2) is 12.2 Å². The number of alkyl halides is 3. The lowest BCUT2D eigenvalue weighted by atomic mass is 9.95. The number of aliphatic hydroxyl groups is 1. The molecule has 0 fully saturated rings. The summed E-state index contributed by atoms with van der Waals surface area (Å²) in [6.07, 6.45) is -5.50. The van der Waals surface area contributed by atoms with E-state index in [1.807, 2.05) is 12.1 Å². The predicted octanol–water partition coefficient (Wildman–Crippen LogP) is 3.51. The second-order valence-electron chi connectivity index (χ2n) is 4.75. The lowest BCUT2D eigenvalue weighted by Crippen LogP contribution is -2.11. The van der Waals surface area contributed by atoms with Gasteiger partial charge in [-0.1, -0.05) is 36.4 Å². The smallest absolute Gasteiger partial charge is 0.384 e. The Morgan fingerprint density at radius 2 is 1.81 bits per heavy atom. The van der Waals surface area contributed by atoms with Gasteiger partial charge >= 0.3 is 6.18 Å². The Balaban J connectivity index is 2.38. The van der Waals surface area contributed by atoms with E-state index in [9.17, 15) is 18.3 Å². The summed E-state index contributed by atoms with van der Waals surface area (Å²) in [5.41, 5.74) is 0.926. The van der Waals surface area contributed by atoms with Crippen LogP contribution in [0.25, 0.3) is 0 Å². The molecule has 1 atom stereocenters. The van der Waals surface area contributed by atoms with Crippen LogP contribution in [0.3, 0.4) is 0 Å². The third kappa shape index (κ3) is 3.62. The minimum Gasteiger partial charge on any atom is -0.384 e. The maximum absolute atomic E-state index is 12.7. The minimum atomic E-state index is -4.42. The molecular weight excluding hydrogens is 279 g/mol. The fraction of sp³-hybridized carbons (Fsp3) is 0.250. The Labute approximate surface area is 121 Å². The van der Waals surface area contributed by atoms with Gasteiger partial charge in [-0.05, 0) is 35.9 Å². The molecule has 0 unspecified atom stereocenters. The highest BCUT2D eigenvalue weighted by atomic mass is 19.4. The number of hydrogen-bond donors (Lipinski definition) is 2. The zero-order valence-electron chi connectivity index (χ0n) is 11.5. The van der Waals surface area contributed by atoms with Crippen LogP contribution in [-0.2, 0) is 12.7 Å². The van der Waals surface area contributed by atoms with Crippen LogP contribution in [0.5, 0.6) is 0 Å². The fourth-order valence-corrected chi connectivity index (χ4v) is 2.22. The monoisotopic (exact) mass is 295 g/mol. The zero-order chi connectivity index (χ0) is 15.5. The van der Waals surface area contributed by atoms with Gasteiger partial charge in [0, 0.05) is 6.54 Å². The summed E-state index contributed by atoms with van der Waals surface area (Å²) >= 11 is 0. The lowest BCUT2D eigenvalue weighted by molar-refractivity contribution is -0.137. The van der Waals surface area contributed by atoms with E-state index in [1.165, 1.54) is 12.1 Å². The second kappa shape index (κ2) is 6.28. The SMILES string of the molecule is CNCc1ccccc1[C@@H](O)c1cccc(C(F)(F)F)c1. The molecule has 0 saturated carbocycles. The molecule has 0 spiro atoms. The molecule has 112 valence electrons. The van der Waals surface area contributed by atoms with E-state index in [-0.39, 0.29) is 5.56 Å². The van der Waals surface area contributed by atoms with Gasteiger partial charge < -0.3 is 10.4 Å². The van der Waals surface area contributed by atoms with E-state index in [0.29, 0.717) is 12.1 Å². The highest BCUT2D eigenvalue weighted by molar-refractivity contribution is 5.37. The molecule has 2 aromatic carbocycles. The Morgan fingerprint density at radius 3 is 2.48 bits per heavy atom. The van der Waals surface area contributed by atoms with Gasteiger partial charge in [0.15, 0.2) is 0 Å². The molecule has 2 rings (SSSR count). The normalized spacial score (nSPS) is 13.2. The maximum atomic E-state index is 12.7. The third-order valence-electron chi connectivity index (χ3n) is 3.25. The summed E-state index contributed by atoms with van der Waals surface area (Å²) in [5, 5.41) is 13.4. The molecule has 0 aliphatic carbocycles. The molecule has 0 aliphatic heterocycles. The average molecular weight is 295 g/mol. The van der Waals surface area contributed by atoms with Gasteiger partial charge in [-0.3, -0.25) is 0 Å². The quantitative estimate of drug-likeness (QED) is 0.904. The average Bonchev–Trinajstić information content (AvgIpc) is 2.47. The number of halogens is 3. The minimum absolute atomic E-state index is 0.230. The first kappa shape index (κ1) is 15.5. The first-order valence-corrected chi connectivity index (χ1v) is 6.51. The van der Waals surface area contributed by atoms with Crippen molar-refractivity contribution in [2.45, 2.75) is 18.8 Å². The highest BCUT2D eigenvalue weighted by Crippen LogP contribution is 2.32. The predicted molar refractivity (Wildman–Crippen MR) is 74.7 cm³/mol. The molecule has 5 heteroatoms. The molecule has 0 heterocycles. The summed E-state index contributed by atoms with van der Waals surface area (Å²) in [6.45, 7) is 0.534. The fourth-order valence-electron chi connectivity index (χ4n) is 2.22. The van der Waals surface area contributed by atoms with E-state index in [2.05, 4.69) is 5.32 Å². The van der Waals surface area contributed by atoms with E-state index >= 15 is 0 Å². The molecule has 2 aromatic rings. The third-order valence-corrected chi connectivity index (χ3v) is 3.25. The van der Waals surface area contributed by atoms with Gasteiger partial charge in [0.1, 0.15) is 6.10 Å². The molecular formula is C16H16F3NO. The van der Waals surface area contributed by atoms with Gasteiger partial charge in [0.2, 0.25) is 0 Å². The van der Waals surface area contributed by atoms with Crippen molar-refractivity contribution < 1.29 is 18.3 Å². The van der Waals surface area contributed by atoms with E-state index in [0.717, 1.165) is 17.7 Å². The van der Waals surface area contributed by atoms with Crippen LogP contribution in [0, 0.1) is 0 Å². The van der Waals surface area contributed by atoms with Gasteiger partial charge in [-0.15, -0.1) is 0 Å². The number of hydrogen-bond acceptors (Lipinski definition) is 2. The molecule has 0 aromatic heterocycles. The number of aliphatic hydroxyl groups excluding tert-OH is 1. The summed E-state index contributed by atoms with van der Waals surface area (Å²) in [4.78, 5) is 0. The van der Waals surface area contributed by atoms with Gasteiger partial charge in [-0.25, -0.2) is 0 Å². The summed E-state index contributed by atoms with van der Waals surface area (Å²) in [7, 11) is 1.77. The van der Waals surface area contributed by atoms with Crippen molar-refractivity contribution in [2.75, 3.05) is 7.05 Å². The molecule has 0 amide bonds. The Hall–Kier alpha value is -1.85. The van der Waals surface area contributed by atoms with Crippen molar-refractivity contribution in [1.29, 1.82) is 0 Å². The number of rotatable bonds is 4. The second-order valence-corrected chi connectivity index (χ2v) is 4.75. The summed E-state index contributed by atoms with van der Waals surface area (Å²) < 4.78 is 38.2.